The Labute approximate surface area is 150 Å². The summed E-state index contributed by atoms with van der Waals surface area (Å²) < 4.78 is 10.0. The van der Waals surface area contributed by atoms with E-state index in [9.17, 15) is 19.2 Å². The van der Waals surface area contributed by atoms with Crippen LogP contribution >= 0.6 is 0 Å². The zero-order valence-electron chi connectivity index (χ0n) is 14.8. The number of benzene rings is 1. The Bertz CT molecular complexity index is 734. The number of carboxylic acid groups (broad SMARTS) is 2. The van der Waals surface area contributed by atoms with E-state index < -0.39 is 52.8 Å². The summed E-state index contributed by atoms with van der Waals surface area (Å²) in [6, 6.07) is 3.41. The van der Waals surface area contributed by atoms with E-state index in [2.05, 4.69) is 0 Å². The smallest absolute Gasteiger partial charge is 0.345 e. The fourth-order valence-corrected chi connectivity index (χ4v) is 1.94. The third kappa shape index (κ3) is 5.73. The van der Waals surface area contributed by atoms with Gasteiger partial charge in [-0.15, -0.1) is 0 Å². The van der Waals surface area contributed by atoms with Gasteiger partial charge in [0.25, 0.3) is 0 Å². The second kappa shape index (κ2) is 8.80. The van der Waals surface area contributed by atoms with Crippen molar-refractivity contribution in [2.75, 3.05) is 0 Å². The van der Waals surface area contributed by atoms with Gasteiger partial charge in [0, 0.05) is 0 Å². The maximum Gasteiger partial charge on any atom is 0.345 e. The molecule has 2 N–H and O–H groups in total. The lowest BCUT2D eigenvalue weighted by molar-refractivity contribution is -0.150. The molecule has 8 nitrogen and oxygen atoms in total. The van der Waals surface area contributed by atoms with Gasteiger partial charge in [0.15, 0.2) is 0 Å². The van der Waals surface area contributed by atoms with E-state index in [0.717, 1.165) is 18.2 Å². The highest BCUT2D eigenvalue weighted by molar-refractivity contribution is 6.18. The van der Waals surface area contributed by atoms with Crippen LogP contribution in [0.15, 0.2) is 23.8 Å². The highest BCUT2D eigenvalue weighted by Crippen LogP contribution is 2.17. The summed E-state index contributed by atoms with van der Waals surface area (Å²) in [5.74, 6) is -4.71. The number of aromatic carboxylic acids is 2. The van der Waals surface area contributed by atoms with E-state index in [1.54, 1.807) is 27.7 Å². The molecule has 0 bridgehead atoms. The Morgan fingerprint density at radius 1 is 0.846 bits per heavy atom. The number of carbonyl (C=O) groups is 4. The molecule has 0 saturated heterocycles. The second-order valence-corrected chi connectivity index (χ2v) is 5.88. The van der Waals surface area contributed by atoms with Crippen molar-refractivity contribution in [2.45, 2.75) is 39.9 Å². The van der Waals surface area contributed by atoms with Crippen LogP contribution in [0.3, 0.4) is 0 Å². The molecule has 140 valence electrons. The molecule has 1 aromatic carbocycles. The lowest BCUT2D eigenvalue weighted by atomic mass is 10.0. The summed E-state index contributed by atoms with van der Waals surface area (Å²) in [5, 5.41) is 18.2. The average molecular weight is 364 g/mol. The molecule has 8 heteroatoms. The van der Waals surface area contributed by atoms with E-state index in [0.29, 0.717) is 0 Å². The van der Waals surface area contributed by atoms with Gasteiger partial charge in [-0.05, 0) is 51.5 Å². The van der Waals surface area contributed by atoms with Gasteiger partial charge >= 0.3 is 23.9 Å². The third-order valence-corrected chi connectivity index (χ3v) is 2.94. The van der Waals surface area contributed by atoms with Crippen LogP contribution in [0.25, 0.3) is 6.08 Å². The zero-order valence-corrected chi connectivity index (χ0v) is 14.8. The van der Waals surface area contributed by atoms with Crippen molar-refractivity contribution >= 4 is 30.0 Å². The maximum absolute atomic E-state index is 12.2. The number of esters is 2. The van der Waals surface area contributed by atoms with E-state index in [-0.39, 0.29) is 5.56 Å². The Hall–Kier alpha value is -3.16. The van der Waals surface area contributed by atoms with Crippen LogP contribution in [0.2, 0.25) is 0 Å². The summed E-state index contributed by atoms with van der Waals surface area (Å²) >= 11 is 0. The van der Waals surface area contributed by atoms with Crippen LogP contribution in [0.4, 0.5) is 0 Å². The second-order valence-electron chi connectivity index (χ2n) is 5.88. The van der Waals surface area contributed by atoms with E-state index >= 15 is 0 Å². The first-order chi connectivity index (χ1) is 12.0. The topological polar surface area (TPSA) is 127 Å². The van der Waals surface area contributed by atoms with Gasteiger partial charge in [-0.25, -0.2) is 19.2 Å². The van der Waals surface area contributed by atoms with Crippen molar-refractivity contribution in [1.29, 1.82) is 0 Å². The minimum atomic E-state index is -1.45. The molecule has 0 fully saturated rings. The van der Waals surface area contributed by atoms with Crippen molar-refractivity contribution < 1.29 is 38.9 Å². The van der Waals surface area contributed by atoms with Gasteiger partial charge in [0.2, 0.25) is 0 Å². The highest BCUT2D eigenvalue weighted by atomic mass is 16.6. The molecule has 0 aliphatic carbocycles. The minimum absolute atomic E-state index is 0.142. The number of rotatable bonds is 7. The molecule has 1 rings (SSSR count). The molecule has 0 atom stereocenters. The molecule has 0 aliphatic heterocycles. The Morgan fingerprint density at radius 2 is 1.31 bits per heavy atom. The molecule has 0 heterocycles. The molecular formula is C18H20O8. The summed E-state index contributed by atoms with van der Waals surface area (Å²) in [6.07, 6.45) is 0.136. The Balaban J connectivity index is 3.41. The molecular weight excluding hydrogens is 344 g/mol. The van der Waals surface area contributed by atoms with Gasteiger partial charge in [-0.2, -0.15) is 0 Å². The van der Waals surface area contributed by atoms with Gasteiger partial charge in [-0.3, -0.25) is 0 Å². The molecule has 1 aromatic rings. The first-order valence-corrected chi connectivity index (χ1v) is 7.77. The van der Waals surface area contributed by atoms with Crippen molar-refractivity contribution in [2.24, 2.45) is 0 Å². The molecule has 26 heavy (non-hydrogen) atoms. The summed E-state index contributed by atoms with van der Waals surface area (Å²) in [4.78, 5) is 46.7. The highest BCUT2D eigenvalue weighted by Gasteiger charge is 2.24. The van der Waals surface area contributed by atoms with Crippen molar-refractivity contribution in [1.82, 2.24) is 0 Å². The van der Waals surface area contributed by atoms with E-state index in [1.165, 1.54) is 6.07 Å². The van der Waals surface area contributed by atoms with Gasteiger partial charge in [0.05, 0.1) is 23.3 Å². The fraction of sp³-hybridized carbons (Fsp3) is 0.333. The first-order valence-electron chi connectivity index (χ1n) is 7.77. The van der Waals surface area contributed by atoms with Crippen molar-refractivity contribution in [3.63, 3.8) is 0 Å². The molecule has 0 amide bonds. The molecule has 0 aliphatic rings. The van der Waals surface area contributed by atoms with Gasteiger partial charge in [-0.1, -0.05) is 6.07 Å². The number of hydrogen-bond acceptors (Lipinski definition) is 6. The van der Waals surface area contributed by atoms with E-state index in [4.69, 9.17) is 19.7 Å². The maximum atomic E-state index is 12.2. The molecule has 0 aromatic heterocycles. The van der Waals surface area contributed by atoms with Crippen LogP contribution in [-0.2, 0) is 19.1 Å². The third-order valence-electron chi connectivity index (χ3n) is 2.94. The zero-order chi connectivity index (χ0) is 20.0. The molecule has 0 unspecified atom stereocenters. The normalized spacial score (nSPS) is 10.4. The minimum Gasteiger partial charge on any atom is -0.478 e. The van der Waals surface area contributed by atoms with Crippen molar-refractivity contribution in [3.8, 4) is 0 Å². The lowest BCUT2D eigenvalue weighted by Gasteiger charge is -2.13. The van der Waals surface area contributed by atoms with Crippen LogP contribution in [0, 0.1) is 0 Å². The van der Waals surface area contributed by atoms with Crippen LogP contribution in [0.5, 0.6) is 0 Å². The standard InChI is InChI=1S/C18H20O8/c1-9(2)25-17(23)14(18(24)26-10(3)4)8-11-5-6-12(15(19)20)13(7-11)16(21)22/h5-10H,1-4H3,(H,19,20)(H,21,22). The Morgan fingerprint density at radius 3 is 1.69 bits per heavy atom. The number of carbonyl (C=O) groups excluding carboxylic acids is 2. The number of carboxylic acids is 2. The predicted molar refractivity (Wildman–Crippen MR) is 90.8 cm³/mol. The van der Waals surface area contributed by atoms with Crippen LogP contribution < -0.4 is 0 Å². The predicted octanol–water partition coefficient (Wildman–Crippen LogP) is 2.37. The Kier molecular flexibility index (Phi) is 7.06. The van der Waals surface area contributed by atoms with Gasteiger partial charge < -0.3 is 19.7 Å². The summed E-state index contributed by atoms with van der Waals surface area (Å²) in [5.41, 5.74) is -1.17. The summed E-state index contributed by atoms with van der Waals surface area (Å²) in [7, 11) is 0. The van der Waals surface area contributed by atoms with Crippen LogP contribution in [0.1, 0.15) is 54.0 Å². The number of hydrogen-bond donors (Lipinski definition) is 2. The summed E-state index contributed by atoms with van der Waals surface area (Å²) in [6.45, 7) is 6.42. The van der Waals surface area contributed by atoms with Crippen LogP contribution in [-0.4, -0.2) is 46.3 Å². The van der Waals surface area contributed by atoms with Crippen molar-refractivity contribution in [3.05, 3.63) is 40.5 Å². The lowest BCUT2D eigenvalue weighted by Crippen LogP contribution is -2.23. The average Bonchev–Trinajstić information content (AvgIpc) is 2.50. The quantitative estimate of drug-likeness (QED) is 0.327. The largest absolute Gasteiger partial charge is 0.478 e. The SMILES string of the molecule is CC(C)OC(=O)C(=Cc1ccc(C(=O)O)c(C(=O)O)c1)C(=O)OC(C)C. The fourth-order valence-electron chi connectivity index (χ4n) is 1.94. The van der Waals surface area contributed by atoms with Gasteiger partial charge in [0.1, 0.15) is 5.57 Å². The monoisotopic (exact) mass is 364 g/mol. The molecule has 0 radical (unpaired) electrons. The molecule has 0 spiro atoms. The number of ether oxygens (including phenoxy) is 2. The van der Waals surface area contributed by atoms with E-state index in [1.807, 2.05) is 0 Å². The molecule has 0 saturated carbocycles. The first kappa shape index (κ1) is 20.9.